The van der Waals surface area contributed by atoms with Crippen LogP contribution >= 0.6 is 0 Å². The molecular weight excluding hydrogens is 224 g/mol. The molecule has 3 N–H and O–H groups in total. The molecule has 0 unspecified atom stereocenters. The van der Waals surface area contributed by atoms with Gasteiger partial charge >= 0.3 is 5.69 Å². The lowest BCUT2D eigenvalue weighted by Crippen LogP contribution is -2.21. The van der Waals surface area contributed by atoms with Crippen LogP contribution in [0.4, 0.5) is 0 Å². The van der Waals surface area contributed by atoms with E-state index in [9.17, 15) is 9.59 Å². The van der Waals surface area contributed by atoms with Crippen LogP contribution in [-0.2, 0) is 0 Å². The zero-order valence-corrected chi connectivity index (χ0v) is 8.83. The lowest BCUT2D eigenvalue weighted by Gasteiger charge is -1.90. The van der Waals surface area contributed by atoms with E-state index in [2.05, 4.69) is 19.9 Å². The average molecular weight is 232 g/mol. The fraction of sp³-hybridized carbons (Fsp3) is 0.100. The molecule has 7 heteroatoms. The Morgan fingerprint density at radius 1 is 1.24 bits per heavy atom. The fourth-order valence-electron chi connectivity index (χ4n) is 1.69. The molecule has 0 atom stereocenters. The van der Waals surface area contributed by atoms with Crippen molar-refractivity contribution in [1.29, 1.82) is 0 Å². The van der Waals surface area contributed by atoms with E-state index in [0.717, 1.165) is 5.56 Å². The molecule has 3 aromatic rings. The molecule has 0 radical (unpaired) electrons. The molecular formula is C10H8N4O3. The predicted molar refractivity (Wildman–Crippen MR) is 59.8 cm³/mol. The second kappa shape index (κ2) is 3.21. The maximum absolute atomic E-state index is 11.5. The monoisotopic (exact) mass is 232 g/mol. The van der Waals surface area contributed by atoms with Crippen molar-refractivity contribution in [1.82, 2.24) is 19.9 Å². The van der Waals surface area contributed by atoms with Gasteiger partial charge in [-0.05, 0) is 13.0 Å². The van der Waals surface area contributed by atoms with Gasteiger partial charge in [0.2, 0.25) is 0 Å². The number of fused-ring (bicyclic) bond motifs is 1. The van der Waals surface area contributed by atoms with Crippen LogP contribution in [0.2, 0.25) is 0 Å². The van der Waals surface area contributed by atoms with Crippen molar-refractivity contribution in [2.24, 2.45) is 0 Å². The maximum atomic E-state index is 11.5. The summed E-state index contributed by atoms with van der Waals surface area (Å²) in [5.74, 6) is 1.17. The maximum Gasteiger partial charge on any atom is 0.327 e. The van der Waals surface area contributed by atoms with Crippen molar-refractivity contribution in [2.75, 3.05) is 0 Å². The van der Waals surface area contributed by atoms with Crippen molar-refractivity contribution in [3.8, 4) is 11.4 Å². The number of aromatic amines is 3. The minimum absolute atomic E-state index is 0.231. The molecule has 17 heavy (non-hydrogen) atoms. The molecule has 3 heterocycles. The van der Waals surface area contributed by atoms with Gasteiger partial charge in [-0.1, -0.05) is 0 Å². The highest BCUT2D eigenvalue weighted by Crippen LogP contribution is 2.21. The molecule has 0 bridgehead atoms. The number of hydrogen-bond acceptors (Lipinski definition) is 4. The highest BCUT2D eigenvalue weighted by molar-refractivity contribution is 5.75. The van der Waals surface area contributed by atoms with Crippen LogP contribution in [0.15, 0.2) is 26.3 Å². The third-order valence-corrected chi connectivity index (χ3v) is 2.50. The Balaban J connectivity index is 2.35. The average Bonchev–Trinajstić information content (AvgIpc) is 2.83. The minimum Gasteiger partial charge on any atom is -0.469 e. The molecule has 0 saturated heterocycles. The zero-order chi connectivity index (χ0) is 12.0. The lowest BCUT2D eigenvalue weighted by atomic mass is 10.2. The standard InChI is InChI=1S/C10H8N4O3/c1-4-5(2-3-17-4)7-11-6-8(12-7)13-10(16)14-9(6)15/h2-3H,1H3,(H3,11,12,13,14,15,16). The SMILES string of the molecule is Cc1occc1-c1nc2[nH]c(=O)[nH]c(=O)c2[nH]1. The van der Waals surface area contributed by atoms with Gasteiger partial charge in [-0.3, -0.25) is 14.8 Å². The van der Waals surface area contributed by atoms with E-state index < -0.39 is 11.2 Å². The Kier molecular flexibility index (Phi) is 1.82. The summed E-state index contributed by atoms with van der Waals surface area (Å²) >= 11 is 0. The molecule has 0 saturated carbocycles. The van der Waals surface area contributed by atoms with Gasteiger partial charge in [0.1, 0.15) is 17.1 Å². The normalized spacial score (nSPS) is 11.1. The quantitative estimate of drug-likeness (QED) is 0.568. The highest BCUT2D eigenvalue weighted by atomic mass is 16.3. The summed E-state index contributed by atoms with van der Waals surface area (Å²) in [6.07, 6.45) is 1.53. The Morgan fingerprint density at radius 3 is 2.76 bits per heavy atom. The van der Waals surface area contributed by atoms with Crippen LogP contribution in [0.25, 0.3) is 22.6 Å². The van der Waals surface area contributed by atoms with E-state index >= 15 is 0 Å². The van der Waals surface area contributed by atoms with Gasteiger partial charge in [0.25, 0.3) is 5.56 Å². The first kappa shape index (κ1) is 9.64. The van der Waals surface area contributed by atoms with Crippen LogP contribution in [0.5, 0.6) is 0 Å². The number of aryl methyl sites for hydroxylation is 1. The summed E-state index contributed by atoms with van der Waals surface area (Å²) in [6, 6.07) is 1.74. The first-order chi connectivity index (χ1) is 8.15. The van der Waals surface area contributed by atoms with Crippen LogP contribution < -0.4 is 11.2 Å². The summed E-state index contributed by atoms with van der Waals surface area (Å²) in [4.78, 5) is 34.1. The molecule has 0 aliphatic carbocycles. The van der Waals surface area contributed by atoms with Gasteiger partial charge in [-0.2, -0.15) is 0 Å². The van der Waals surface area contributed by atoms with Crippen molar-refractivity contribution in [3.05, 3.63) is 38.9 Å². The van der Waals surface area contributed by atoms with E-state index in [0.29, 0.717) is 11.6 Å². The van der Waals surface area contributed by atoms with Crippen LogP contribution in [0.1, 0.15) is 5.76 Å². The number of imidazole rings is 1. The Bertz CT molecular complexity index is 805. The first-order valence-corrected chi connectivity index (χ1v) is 4.92. The van der Waals surface area contributed by atoms with Crippen LogP contribution in [0.3, 0.4) is 0 Å². The Labute approximate surface area is 93.5 Å². The van der Waals surface area contributed by atoms with Crippen LogP contribution in [-0.4, -0.2) is 19.9 Å². The number of nitrogens with zero attached hydrogens (tertiary/aromatic N) is 1. The topological polar surface area (TPSA) is 108 Å². The predicted octanol–water partition coefficient (Wildman–Crippen LogP) is 0.508. The van der Waals surface area contributed by atoms with E-state index in [-0.39, 0.29) is 11.2 Å². The summed E-state index contributed by atoms with van der Waals surface area (Å²) in [6.45, 7) is 1.79. The van der Waals surface area contributed by atoms with Gasteiger partial charge in [0.15, 0.2) is 5.65 Å². The fourth-order valence-corrected chi connectivity index (χ4v) is 1.69. The molecule has 0 fully saturated rings. The number of furan rings is 1. The first-order valence-electron chi connectivity index (χ1n) is 4.92. The molecule has 0 aromatic carbocycles. The van der Waals surface area contributed by atoms with Crippen molar-refractivity contribution in [2.45, 2.75) is 6.92 Å². The van der Waals surface area contributed by atoms with Gasteiger partial charge in [0, 0.05) is 0 Å². The molecule has 0 spiro atoms. The largest absolute Gasteiger partial charge is 0.469 e. The Morgan fingerprint density at radius 2 is 2.06 bits per heavy atom. The van der Waals surface area contributed by atoms with Gasteiger partial charge in [-0.25, -0.2) is 9.78 Å². The zero-order valence-electron chi connectivity index (χ0n) is 8.83. The molecule has 3 aromatic heterocycles. The molecule has 0 aliphatic heterocycles. The number of aromatic nitrogens is 4. The summed E-state index contributed by atoms with van der Waals surface area (Å²) < 4.78 is 5.15. The smallest absolute Gasteiger partial charge is 0.327 e. The molecule has 0 amide bonds. The van der Waals surface area contributed by atoms with Gasteiger partial charge in [-0.15, -0.1) is 0 Å². The summed E-state index contributed by atoms with van der Waals surface area (Å²) in [5.41, 5.74) is 0.143. The van der Waals surface area contributed by atoms with Crippen molar-refractivity contribution < 1.29 is 4.42 Å². The van der Waals surface area contributed by atoms with E-state index in [1.54, 1.807) is 13.0 Å². The highest BCUT2D eigenvalue weighted by Gasteiger charge is 2.12. The molecule has 86 valence electrons. The summed E-state index contributed by atoms with van der Waals surface area (Å²) in [7, 11) is 0. The van der Waals surface area contributed by atoms with E-state index in [1.165, 1.54) is 6.26 Å². The number of nitrogens with one attached hydrogen (secondary N) is 3. The van der Waals surface area contributed by atoms with Crippen LogP contribution in [0, 0.1) is 6.92 Å². The molecule has 7 nitrogen and oxygen atoms in total. The van der Waals surface area contributed by atoms with Crippen molar-refractivity contribution >= 4 is 11.2 Å². The number of rotatable bonds is 1. The van der Waals surface area contributed by atoms with Crippen molar-refractivity contribution in [3.63, 3.8) is 0 Å². The van der Waals surface area contributed by atoms with E-state index in [4.69, 9.17) is 4.42 Å². The number of hydrogen-bond donors (Lipinski definition) is 3. The number of H-pyrrole nitrogens is 3. The second-order valence-electron chi connectivity index (χ2n) is 3.61. The minimum atomic E-state index is -0.579. The molecule has 3 rings (SSSR count). The lowest BCUT2D eigenvalue weighted by molar-refractivity contribution is 0.535. The third kappa shape index (κ3) is 1.40. The van der Waals surface area contributed by atoms with E-state index in [1.807, 2.05) is 0 Å². The Hall–Kier alpha value is -2.57. The summed E-state index contributed by atoms with van der Waals surface area (Å²) in [5, 5.41) is 0. The third-order valence-electron chi connectivity index (χ3n) is 2.50. The molecule has 0 aliphatic rings. The van der Waals surface area contributed by atoms with Gasteiger partial charge < -0.3 is 9.40 Å². The second-order valence-corrected chi connectivity index (χ2v) is 3.61. The van der Waals surface area contributed by atoms with Gasteiger partial charge in [0.05, 0.1) is 11.8 Å².